The molecule has 0 aromatic heterocycles. The summed E-state index contributed by atoms with van der Waals surface area (Å²) in [6, 6.07) is 0. The third-order valence-electron chi connectivity index (χ3n) is 4.09. The Kier molecular flexibility index (Phi) is 6.56. The molecule has 1 heterocycles. The first kappa shape index (κ1) is 16.2. The molecule has 1 aliphatic rings. The summed E-state index contributed by atoms with van der Waals surface area (Å²) in [7, 11) is 0. The second-order valence-corrected chi connectivity index (χ2v) is 5.65. The van der Waals surface area contributed by atoms with Crippen molar-refractivity contribution in [1.82, 2.24) is 0 Å². The molecule has 3 nitrogen and oxygen atoms in total. The number of hydrogen-bond donors (Lipinski definition) is 1. The van der Waals surface area contributed by atoms with Gasteiger partial charge in [-0.15, -0.1) is 0 Å². The summed E-state index contributed by atoms with van der Waals surface area (Å²) in [5, 5.41) is 10.3. The fourth-order valence-corrected chi connectivity index (χ4v) is 2.49. The van der Waals surface area contributed by atoms with Crippen LogP contribution in [0.15, 0.2) is 11.1 Å². The molecule has 0 radical (unpaired) electrons. The van der Waals surface area contributed by atoms with E-state index in [0.717, 1.165) is 12.8 Å². The maximum absolute atomic E-state index is 11.4. The molecule has 0 saturated carbocycles. The number of hydrogen-bond acceptors (Lipinski definition) is 3. The summed E-state index contributed by atoms with van der Waals surface area (Å²) in [5.41, 5.74) is 1.24. The molecule has 0 amide bonds. The number of esters is 1. The second kappa shape index (κ2) is 7.68. The van der Waals surface area contributed by atoms with Crippen molar-refractivity contribution in [2.24, 2.45) is 0 Å². The van der Waals surface area contributed by atoms with Crippen LogP contribution in [0.1, 0.15) is 78.6 Å². The molecule has 1 atom stereocenters. The van der Waals surface area contributed by atoms with E-state index < -0.39 is 5.79 Å². The largest absolute Gasteiger partial charge is 0.426 e. The average Bonchev–Trinajstić information content (AvgIpc) is 2.57. The zero-order valence-electron chi connectivity index (χ0n) is 12.6. The zero-order chi connectivity index (χ0) is 14.3. The lowest BCUT2D eigenvalue weighted by Gasteiger charge is -2.23. The first-order valence-electron chi connectivity index (χ1n) is 7.65. The van der Waals surface area contributed by atoms with Gasteiger partial charge in [0.15, 0.2) is 0 Å². The summed E-state index contributed by atoms with van der Waals surface area (Å²) in [6.07, 6.45) is 10.3. The van der Waals surface area contributed by atoms with E-state index in [9.17, 15) is 9.90 Å². The molecule has 0 fully saturated rings. The maximum Gasteiger partial charge on any atom is 0.336 e. The highest BCUT2D eigenvalue weighted by molar-refractivity contribution is 5.91. The Labute approximate surface area is 117 Å². The fraction of sp³-hybridized carbons (Fsp3) is 0.812. The number of rotatable bonds is 9. The van der Waals surface area contributed by atoms with Crippen molar-refractivity contribution in [2.75, 3.05) is 0 Å². The van der Waals surface area contributed by atoms with E-state index in [4.69, 9.17) is 4.74 Å². The zero-order valence-corrected chi connectivity index (χ0v) is 12.6. The predicted octanol–water partition coefficient (Wildman–Crippen LogP) is 4.10. The molecule has 1 rings (SSSR count). The predicted molar refractivity (Wildman–Crippen MR) is 76.6 cm³/mol. The fourth-order valence-electron chi connectivity index (χ4n) is 2.49. The normalized spacial score (nSPS) is 23.1. The number of ether oxygens (including phenoxy) is 1. The minimum atomic E-state index is -1.33. The topological polar surface area (TPSA) is 46.5 Å². The van der Waals surface area contributed by atoms with Gasteiger partial charge in [0.1, 0.15) is 0 Å². The first-order valence-corrected chi connectivity index (χ1v) is 7.65. The van der Waals surface area contributed by atoms with Crippen LogP contribution in [0.5, 0.6) is 0 Å². The molecule has 0 saturated heterocycles. The van der Waals surface area contributed by atoms with Crippen molar-refractivity contribution < 1.29 is 14.6 Å². The number of carbonyl (C=O) groups excluding carboxylic acids is 1. The number of aliphatic hydroxyl groups is 1. The second-order valence-electron chi connectivity index (χ2n) is 5.65. The summed E-state index contributed by atoms with van der Waals surface area (Å²) < 4.78 is 5.08. The van der Waals surface area contributed by atoms with Crippen LogP contribution in [0, 0.1) is 0 Å². The van der Waals surface area contributed by atoms with E-state index in [2.05, 4.69) is 6.92 Å². The van der Waals surface area contributed by atoms with Crippen molar-refractivity contribution in [3.05, 3.63) is 11.1 Å². The number of unbranched alkanes of at least 4 members (excludes halogenated alkanes) is 7. The van der Waals surface area contributed by atoms with Gasteiger partial charge < -0.3 is 9.84 Å². The van der Waals surface area contributed by atoms with Crippen LogP contribution < -0.4 is 0 Å². The minimum absolute atomic E-state index is 0.375. The SMILES string of the molecule is CCCCCCCCCCC1(O)OC(=O)C(C)=C1C. The van der Waals surface area contributed by atoms with Crippen LogP contribution in [-0.2, 0) is 9.53 Å². The third-order valence-corrected chi connectivity index (χ3v) is 4.09. The molecule has 1 N–H and O–H groups in total. The Hall–Kier alpha value is -0.830. The summed E-state index contributed by atoms with van der Waals surface area (Å²) in [6.45, 7) is 5.72. The van der Waals surface area contributed by atoms with E-state index in [1.165, 1.54) is 38.5 Å². The highest BCUT2D eigenvalue weighted by atomic mass is 16.7. The van der Waals surface area contributed by atoms with E-state index >= 15 is 0 Å². The molecule has 1 unspecified atom stereocenters. The minimum Gasteiger partial charge on any atom is -0.426 e. The standard InChI is InChI=1S/C16H28O3/c1-4-5-6-7-8-9-10-11-12-16(18)14(3)13(2)15(17)19-16/h18H,4-12H2,1-3H3. The van der Waals surface area contributed by atoms with E-state index in [0.29, 0.717) is 17.6 Å². The van der Waals surface area contributed by atoms with Gasteiger partial charge in [0.2, 0.25) is 5.79 Å². The Bertz CT molecular complexity index is 333. The first-order chi connectivity index (χ1) is 9.01. The highest BCUT2D eigenvalue weighted by Gasteiger charge is 2.41. The number of cyclic esters (lactones) is 1. The van der Waals surface area contributed by atoms with Gasteiger partial charge in [-0.25, -0.2) is 4.79 Å². The lowest BCUT2D eigenvalue weighted by molar-refractivity contribution is -0.183. The molecule has 0 bridgehead atoms. The Morgan fingerprint density at radius 1 is 1.00 bits per heavy atom. The Morgan fingerprint density at radius 3 is 2.00 bits per heavy atom. The molecule has 3 heteroatoms. The summed E-state index contributed by atoms with van der Waals surface area (Å²) in [4.78, 5) is 11.4. The van der Waals surface area contributed by atoms with Crippen molar-refractivity contribution in [3.63, 3.8) is 0 Å². The van der Waals surface area contributed by atoms with Crippen molar-refractivity contribution >= 4 is 5.97 Å². The van der Waals surface area contributed by atoms with Gasteiger partial charge >= 0.3 is 5.97 Å². The lowest BCUT2D eigenvalue weighted by atomic mass is 9.98. The molecular weight excluding hydrogens is 240 g/mol. The van der Waals surface area contributed by atoms with Crippen molar-refractivity contribution in [1.29, 1.82) is 0 Å². The monoisotopic (exact) mass is 268 g/mol. The van der Waals surface area contributed by atoms with Crippen LogP contribution >= 0.6 is 0 Å². The molecule has 19 heavy (non-hydrogen) atoms. The average molecular weight is 268 g/mol. The van der Waals surface area contributed by atoms with Gasteiger partial charge in [-0.05, 0) is 20.3 Å². The molecule has 0 aromatic carbocycles. The van der Waals surface area contributed by atoms with E-state index in [1.54, 1.807) is 13.8 Å². The van der Waals surface area contributed by atoms with E-state index in [1.807, 2.05) is 0 Å². The van der Waals surface area contributed by atoms with Gasteiger partial charge in [-0.3, -0.25) is 0 Å². The van der Waals surface area contributed by atoms with Gasteiger partial charge in [-0.2, -0.15) is 0 Å². The quantitative estimate of drug-likeness (QED) is 0.506. The Morgan fingerprint density at radius 2 is 1.53 bits per heavy atom. The summed E-state index contributed by atoms with van der Waals surface area (Å²) in [5.74, 6) is -1.71. The number of carbonyl (C=O) groups is 1. The maximum atomic E-state index is 11.4. The van der Waals surface area contributed by atoms with Crippen molar-refractivity contribution in [3.8, 4) is 0 Å². The Balaban J connectivity index is 2.15. The third kappa shape index (κ3) is 4.64. The van der Waals surface area contributed by atoms with E-state index in [-0.39, 0.29) is 5.97 Å². The van der Waals surface area contributed by atoms with Crippen molar-refractivity contribution in [2.45, 2.75) is 84.3 Å². The van der Waals surface area contributed by atoms with Gasteiger partial charge in [-0.1, -0.05) is 51.9 Å². The molecule has 110 valence electrons. The highest BCUT2D eigenvalue weighted by Crippen LogP contribution is 2.34. The molecule has 0 aromatic rings. The van der Waals surface area contributed by atoms with Crippen LogP contribution in [-0.4, -0.2) is 16.9 Å². The molecule has 0 spiro atoms. The van der Waals surface area contributed by atoms with Gasteiger partial charge in [0, 0.05) is 17.6 Å². The molecular formula is C16H28O3. The summed E-state index contributed by atoms with van der Waals surface area (Å²) >= 11 is 0. The lowest BCUT2D eigenvalue weighted by Crippen LogP contribution is -2.30. The molecule has 1 aliphatic heterocycles. The van der Waals surface area contributed by atoms with Crippen LogP contribution in [0.25, 0.3) is 0 Å². The smallest absolute Gasteiger partial charge is 0.336 e. The van der Waals surface area contributed by atoms with Crippen LogP contribution in [0.3, 0.4) is 0 Å². The van der Waals surface area contributed by atoms with Crippen LogP contribution in [0.2, 0.25) is 0 Å². The van der Waals surface area contributed by atoms with Gasteiger partial charge in [0.25, 0.3) is 0 Å². The van der Waals surface area contributed by atoms with Gasteiger partial charge in [0.05, 0.1) is 0 Å². The molecule has 0 aliphatic carbocycles. The van der Waals surface area contributed by atoms with Crippen LogP contribution in [0.4, 0.5) is 0 Å².